The molecule has 0 rings (SSSR count). The molecule has 4 N–H and O–H groups in total. The van der Waals surface area contributed by atoms with Gasteiger partial charge in [-0.25, -0.2) is 0 Å². The van der Waals surface area contributed by atoms with Crippen molar-refractivity contribution in [2.24, 2.45) is 10.4 Å². The van der Waals surface area contributed by atoms with Crippen LogP contribution in [-0.4, -0.2) is 10.4 Å². The number of hydrogen-bond acceptors (Lipinski definition) is 8. The third-order valence-corrected chi connectivity index (χ3v) is 1.69. The van der Waals surface area contributed by atoms with Crippen LogP contribution in [0.1, 0.15) is 27.7 Å². The Morgan fingerprint density at radius 2 is 0.957 bits per heavy atom. The van der Waals surface area contributed by atoms with Gasteiger partial charge in [-0.1, -0.05) is 0 Å². The van der Waals surface area contributed by atoms with Crippen LogP contribution in [0.15, 0.2) is 33.1 Å². The summed E-state index contributed by atoms with van der Waals surface area (Å²) in [6.45, 7) is 6.12. The summed E-state index contributed by atoms with van der Waals surface area (Å²) in [6, 6.07) is 0. The molecule has 15 heteroatoms. The normalized spacial score (nSPS) is 9.30. The van der Waals surface area contributed by atoms with E-state index in [0.717, 1.165) is 0 Å². The van der Waals surface area contributed by atoms with E-state index >= 15 is 0 Å². The van der Waals surface area contributed by atoms with E-state index in [1.165, 1.54) is 23.7 Å². The van der Waals surface area contributed by atoms with Crippen LogP contribution in [0.4, 0.5) is 0 Å². The van der Waals surface area contributed by atoms with E-state index in [1.807, 2.05) is 0 Å². The monoisotopic (exact) mass is 375 g/mol. The van der Waals surface area contributed by atoms with Gasteiger partial charge in [0.05, 0.1) is 11.4 Å². The molecule has 131 valence electrons. The van der Waals surface area contributed by atoms with Crippen molar-refractivity contribution in [2.75, 3.05) is 0 Å². The minimum absolute atomic E-state index is 0. The van der Waals surface area contributed by atoms with Crippen LogP contribution in [0.2, 0.25) is 0 Å². The zero-order chi connectivity index (χ0) is 18.6. The van der Waals surface area contributed by atoms with Crippen LogP contribution in [0.5, 0.6) is 0 Å². The molecule has 0 aliphatic rings. The molecule has 0 aromatic heterocycles. The fourth-order valence-electron chi connectivity index (χ4n) is 0.299. The minimum Gasteiger partial charge on any atom is -0.373 e. The van der Waals surface area contributed by atoms with Crippen molar-refractivity contribution in [3.63, 3.8) is 0 Å². The predicted octanol–water partition coefficient (Wildman–Crippen LogP) is 3.70. The third-order valence-electron chi connectivity index (χ3n) is 1.69. The van der Waals surface area contributed by atoms with Crippen LogP contribution in [0.3, 0.4) is 0 Å². The van der Waals surface area contributed by atoms with Gasteiger partial charge in [0.2, 0.25) is 0 Å². The fraction of sp³-hybridized carbons (Fsp3) is 0.500. The third kappa shape index (κ3) is 32.7. The number of nitrogens with one attached hydrogen (secondary N) is 2. The van der Waals surface area contributed by atoms with Crippen molar-refractivity contribution in [1.29, 1.82) is 0 Å². The van der Waals surface area contributed by atoms with Crippen LogP contribution in [0.25, 0.3) is 31.9 Å². The maximum atomic E-state index is 9.65. The van der Waals surface area contributed by atoms with E-state index in [2.05, 4.69) is 10.4 Å². The fourth-order valence-corrected chi connectivity index (χ4v) is 0.299. The standard InChI is InChI=1S/2C4H8N2O2.Co.2N3/c2*1-3(5-7)4(2)6-8;;2*1-3-2/h2*5,7H,1-2H3;;;/q;;+2;2*-1. The first-order valence-electron chi connectivity index (χ1n) is 5.06. The van der Waals surface area contributed by atoms with Crippen molar-refractivity contribution < 1.29 is 27.2 Å². The van der Waals surface area contributed by atoms with Crippen LogP contribution >= 0.6 is 0 Å². The van der Waals surface area contributed by atoms with Crippen molar-refractivity contribution in [2.45, 2.75) is 27.7 Å². The smallest absolute Gasteiger partial charge is 0.373 e. The average Bonchev–Trinajstić information content (AvgIpc) is 2.53. The topological polar surface area (TPSA) is 241 Å². The molecule has 0 aliphatic carbocycles. The maximum absolute atomic E-state index is 9.65. The molecule has 0 heterocycles. The maximum Gasteiger partial charge on any atom is 2.00 e. The largest absolute Gasteiger partial charge is 2.00 e. The van der Waals surface area contributed by atoms with Gasteiger partial charge in [0, 0.05) is 0 Å². The Labute approximate surface area is 141 Å². The molecule has 0 fully saturated rings. The Balaban J connectivity index is -0.0000000680. The Hall–Kier alpha value is -2.67. The summed E-state index contributed by atoms with van der Waals surface area (Å²) >= 11 is 0. The molecule has 0 aromatic rings. The number of rotatable bonds is 4. The van der Waals surface area contributed by atoms with E-state index in [4.69, 9.17) is 32.5 Å². The van der Waals surface area contributed by atoms with Crippen LogP contribution < -0.4 is 11.0 Å². The zero-order valence-corrected chi connectivity index (χ0v) is 13.7. The van der Waals surface area contributed by atoms with Gasteiger partial charge in [-0.2, -0.15) is 0 Å². The van der Waals surface area contributed by atoms with Crippen molar-refractivity contribution in [1.82, 2.24) is 11.0 Å². The molecule has 1 radical (unpaired) electrons. The summed E-state index contributed by atoms with van der Waals surface area (Å²) in [5.41, 5.74) is 31.9. The molecule has 0 bridgehead atoms. The SMILES string of the molecule is CC(N=O)=C(C)NO.CC(N=O)=C(C)NO.[Co+2].[N-]=[N+]=[N-].[N-]=[N+]=[N-]. The first kappa shape index (κ1) is 32.3. The molecule has 14 nitrogen and oxygen atoms in total. The molecule has 0 saturated heterocycles. The molecule has 0 saturated carbocycles. The molecule has 0 amide bonds. The first-order chi connectivity index (χ1) is 10.3. The Bertz CT molecular complexity index is 410. The number of nitroso groups, excluding NO2 is 2. The number of allylic oxidation sites excluding steroid dienone is 4. The Kier molecular flexibility index (Phi) is 38.8. The second kappa shape index (κ2) is 27.6. The van der Waals surface area contributed by atoms with E-state index < -0.39 is 0 Å². The van der Waals surface area contributed by atoms with Gasteiger partial charge < -0.3 is 22.1 Å². The summed E-state index contributed by atoms with van der Waals surface area (Å²) in [7, 11) is 0. The zero-order valence-electron chi connectivity index (χ0n) is 12.6. The van der Waals surface area contributed by atoms with E-state index in [9.17, 15) is 9.81 Å². The molecule has 0 unspecified atom stereocenters. The summed E-state index contributed by atoms with van der Waals surface area (Å²) < 4.78 is 0. The van der Waals surface area contributed by atoms with Crippen LogP contribution in [0, 0.1) is 9.81 Å². The number of hydroxylamine groups is 2. The van der Waals surface area contributed by atoms with Gasteiger partial charge in [0.15, 0.2) is 0 Å². The summed E-state index contributed by atoms with van der Waals surface area (Å²) in [5.74, 6) is 0. The molecular weight excluding hydrogens is 359 g/mol. The average molecular weight is 375 g/mol. The molecule has 23 heavy (non-hydrogen) atoms. The molecule has 0 spiro atoms. The van der Waals surface area contributed by atoms with Gasteiger partial charge in [-0.3, -0.25) is 31.2 Å². The predicted molar refractivity (Wildman–Crippen MR) is 78.3 cm³/mol. The number of nitrogens with zero attached hydrogens (tertiary/aromatic N) is 8. The minimum atomic E-state index is 0. The van der Waals surface area contributed by atoms with E-state index in [0.29, 0.717) is 11.4 Å². The molecule has 0 aliphatic heterocycles. The summed E-state index contributed by atoms with van der Waals surface area (Å²) in [5, 5.41) is 21.4. The molecular formula is C8H16CoN10O4. The molecule has 0 aromatic carbocycles. The van der Waals surface area contributed by atoms with Gasteiger partial charge in [-0.05, 0) is 38.0 Å². The van der Waals surface area contributed by atoms with Crippen molar-refractivity contribution >= 4 is 0 Å². The van der Waals surface area contributed by atoms with Crippen LogP contribution in [-0.2, 0) is 16.8 Å². The number of hydrogen-bond donors (Lipinski definition) is 4. The Morgan fingerprint density at radius 1 is 0.783 bits per heavy atom. The second-order valence-corrected chi connectivity index (χ2v) is 3.01. The second-order valence-electron chi connectivity index (χ2n) is 3.01. The van der Waals surface area contributed by atoms with Crippen molar-refractivity contribution in [3.05, 3.63) is 64.6 Å². The van der Waals surface area contributed by atoms with Gasteiger partial charge in [0.1, 0.15) is 11.4 Å². The van der Waals surface area contributed by atoms with Crippen molar-refractivity contribution in [3.8, 4) is 0 Å². The summed E-state index contributed by atoms with van der Waals surface area (Å²) in [6.07, 6.45) is 0. The first-order valence-corrected chi connectivity index (χ1v) is 5.06. The van der Waals surface area contributed by atoms with Gasteiger partial charge >= 0.3 is 16.8 Å². The summed E-state index contributed by atoms with van der Waals surface area (Å²) in [4.78, 5) is 22.3. The van der Waals surface area contributed by atoms with E-state index in [-0.39, 0.29) is 28.2 Å². The van der Waals surface area contributed by atoms with Gasteiger partial charge in [0.25, 0.3) is 0 Å². The quantitative estimate of drug-likeness (QED) is 0.187. The van der Waals surface area contributed by atoms with Gasteiger partial charge in [-0.15, -0.1) is 9.81 Å². The molecule has 0 atom stereocenters. The van der Waals surface area contributed by atoms with E-state index in [1.54, 1.807) is 24.8 Å². The Morgan fingerprint density at radius 3 is 1.00 bits per heavy atom.